The first-order valence-corrected chi connectivity index (χ1v) is 8.58. The molecule has 26 heavy (non-hydrogen) atoms. The summed E-state index contributed by atoms with van der Waals surface area (Å²) < 4.78 is 8.00. The number of allylic oxidation sites excluding steroid dienone is 2. The fraction of sp³-hybridized carbons (Fsp3) is 0.350. The summed E-state index contributed by atoms with van der Waals surface area (Å²) in [5, 5.41) is 0. The number of nitrogens with zero attached hydrogens (tertiary/aromatic N) is 2. The Labute approximate surface area is 150 Å². The molecule has 1 aromatic heterocycles. The molecule has 2 aliphatic rings. The number of carbonyl (C=O) groups excluding carboxylic acids is 1. The van der Waals surface area contributed by atoms with Crippen LogP contribution in [0.5, 0.6) is 5.75 Å². The minimum absolute atomic E-state index is 0.00734. The van der Waals surface area contributed by atoms with E-state index in [1.807, 2.05) is 26.0 Å². The third-order valence-electron chi connectivity index (χ3n) is 5.12. The Morgan fingerprint density at radius 3 is 2.27 bits per heavy atom. The number of methoxy groups -OCH3 is 1. The van der Waals surface area contributed by atoms with Gasteiger partial charge in [0.1, 0.15) is 11.8 Å². The Morgan fingerprint density at radius 2 is 1.62 bits per heavy atom. The fourth-order valence-electron chi connectivity index (χ4n) is 4.02. The van der Waals surface area contributed by atoms with Gasteiger partial charge in [-0.05, 0) is 29.5 Å². The molecule has 0 N–H and O–H groups in total. The Morgan fingerprint density at radius 1 is 0.962 bits per heavy atom. The molecule has 2 heterocycles. The number of Topliss-reactive ketones (excluding diaryl/α,β-unsaturated/α-hetero) is 1. The lowest BCUT2D eigenvalue weighted by molar-refractivity contribution is -0.118. The molecule has 6 heteroatoms. The first-order chi connectivity index (χ1) is 12.3. The van der Waals surface area contributed by atoms with E-state index in [9.17, 15) is 14.4 Å². The average molecular weight is 352 g/mol. The van der Waals surface area contributed by atoms with E-state index in [-0.39, 0.29) is 22.3 Å². The Balaban J connectivity index is 2.01. The molecule has 134 valence electrons. The zero-order valence-electron chi connectivity index (χ0n) is 15.0. The highest BCUT2D eigenvalue weighted by Gasteiger charge is 2.43. The molecule has 0 amide bonds. The second-order valence-electron chi connectivity index (χ2n) is 7.64. The molecule has 1 atom stereocenters. The summed E-state index contributed by atoms with van der Waals surface area (Å²) in [5.74, 6) is 0.682. The summed E-state index contributed by atoms with van der Waals surface area (Å²) in [4.78, 5) is 38.1. The number of rotatable bonds is 2. The van der Waals surface area contributed by atoms with Crippen LogP contribution in [0.1, 0.15) is 38.3 Å². The molecular formula is C20H20N2O4. The van der Waals surface area contributed by atoms with Crippen LogP contribution in [0, 0.1) is 5.41 Å². The maximum absolute atomic E-state index is 13.0. The van der Waals surface area contributed by atoms with Crippen molar-refractivity contribution in [2.45, 2.75) is 32.7 Å². The molecule has 1 aromatic carbocycles. The van der Waals surface area contributed by atoms with Crippen molar-refractivity contribution < 1.29 is 9.53 Å². The highest BCUT2D eigenvalue weighted by molar-refractivity contribution is 6.04. The van der Waals surface area contributed by atoms with E-state index >= 15 is 0 Å². The number of ether oxygens (including phenoxy) is 1. The van der Waals surface area contributed by atoms with Crippen molar-refractivity contribution in [1.82, 2.24) is 9.36 Å². The second kappa shape index (κ2) is 5.56. The first-order valence-electron chi connectivity index (χ1n) is 8.58. The Hall–Kier alpha value is -2.89. The molecule has 4 rings (SSSR count). The van der Waals surface area contributed by atoms with Gasteiger partial charge in [0.15, 0.2) is 5.78 Å². The number of benzene rings is 1. The zero-order chi connectivity index (χ0) is 18.6. The van der Waals surface area contributed by atoms with Crippen LogP contribution < -0.4 is 15.9 Å². The topological polar surface area (TPSA) is 70.3 Å². The van der Waals surface area contributed by atoms with Crippen molar-refractivity contribution in [2.75, 3.05) is 7.11 Å². The normalized spacial score (nSPS) is 20.7. The van der Waals surface area contributed by atoms with E-state index < -0.39 is 6.04 Å². The predicted molar refractivity (Wildman–Crippen MR) is 97.3 cm³/mol. The van der Waals surface area contributed by atoms with Gasteiger partial charge in [0.05, 0.1) is 12.8 Å². The van der Waals surface area contributed by atoms with Crippen molar-refractivity contribution in [3.63, 3.8) is 0 Å². The molecule has 0 radical (unpaired) electrons. The van der Waals surface area contributed by atoms with Gasteiger partial charge >= 0.3 is 0 Å². The molecular weight excluding hydrogens is 332 g/mol. The average Bonchev–Trinajstić information content (AvgIpc) is 2.93. The van der Waals surface area contributed by atoms with E-state index in [1.165, 1.54) is 21.5 Å². The van der Waals surface area contributed by atoms with E-state index in [0.29, 0.717) is 29.9 Å². The molecule has 6 nitrogen and oxygen atoms in total. The second-order valence-corrected chi connectivity index (χ2v) is 7.64. The monoisotopic (exact) mass is 352 g/mol. The molecule has 1 aliphatic heterocycles. The summed E-state index contributed by atoms with van der Waals surface area (Å²) in [5.41, 5.74) is 1.14. The molecule has 0 spiro atoms. The van der Waals surface area contributed by atoms with Crippen molar-refractivity contribution in [1.29, 1.82) is 0 Å². The molecule has 0 fully saturated rings. The van der Waals surface area contributed by atoms with E-state index in [0.717, 1.165) is 5.56 Å². The Bertz CT molecular complexity index is 1050. The van der Waals surface area contributed by atoms with Crippen LogP contribution in [0.4, 0.5) is 0 Å². The summed E-state index contributed by atoms with van der Waals surface area (Å²) in [6.45, 7) is 4.01. The minimum atomic E-state index is -0.582. The number of fused-ring (bicyclic) bond motifs is 2. The van der Waals surface area contributed by atoms with Crippen LogP contribution in [-0.4, -0.2) is 22.3 Å². The van der Waals surface area contributed by atoms with Crippen LogP contribution >= 0.6 is 0 Å². The SMILES string of the molecule is COc1ccc(C2C3=C(CC(C)(C)CC3=O)n3c(=O)ccc(=O)n32)cc1. The number of hydrogen-bond acceptors (Lipinski definition) is 4. The van der Waals surface area contributed by atoms with Crippen molar-refractivity contribution in [3.05, 3.63) is 68.2 Å². The third kappa shape index (κ3) is 2.36. The number of carbonyl (C=O) groups is 1. The van der Waals surface area contributed by atoms with E-state index in [2.05, 4.69) is 0 Å². The lowest BCUT2D eigenvalue weighted by atomic mass is 9.74. The van der Waals surface area contributed by atoms with Crippen LogP contribution in [-0.2, 0) is 4.79 Å². The quantitative estimate of drug-likeness (QED) is 0.831. The van der Waals surface area contributed by atoms with Crippen LogP contribution in [0.25, 0.3) is 5.70 Å². The van der Waals surface area contributed by atoms with E-state index in [1.54, 1.807) is 19.2 Å². The molecule has 1 unspecified atom stereocenters. The summed E-state index contributed by atoms with van der Waals surface area (Å²) in [6.07, 6.45) is 0.972. The smallest absolute Gasteiger partial charge is 0.269 e. The minimum Gasteiger partial charge on any atom is -0.497 e. The van der Waals surface area contributed by atoms with Crippen molar-refractivity contribution in [2.24, 2.45) is 5.41 Å². The molecule has 0 saturated heterocycles. The molecule has 2 aromatic rings. The standard InChI is InChI=1S/C20H20N2O4/c1-20(2)10-14-18(15(23)11-20)19(12-4-6-13(26-3)7-5-12)22-17(25)9-8-16(24)21(14)22/h4-9,19H,10-11H2,1-3H3. The third-order valence-corrected chi connectivity index (χ3v) is 5.12. The lowest BCUT2D eigenvalue weighted by Gasteiger charge is -2.30. The van der Waals surface area contributed by atoms with Gasteiger partial charge in [-0.1, -0.05) is 26.0 Å². The number of aromatic nitrogens is 2. The van der Waals surface area contributed by atoms with Crippen LogP contribution in [0.3, 0.4) is 0 Å². The fourth-order valence-corrected chi connectivity index (χ4v) is 4.02. The van der Waals surface area contributed by atoms with Crippen LogP contribution in [0.15, 0.2) is 51.6 Å². The zero-order valence-corrected chi connectivity index (χ0v) is 15.0. The summed E-state index contributed by atoms with van der Waals surface area (Å²) >= 11 is 0. The summed E-state index contributed by atoms with van der Waals surface area (Å²) in [7, 11) is 1.58. The molecule has 0 saturated carbocycles. The molecule has 0 bridgehead atoms. The number of hydrogen-bond donors (Lipinski definition) is 0. The van der Waals surface area contributed by atoms with Gasteiger partial charge in [-0.15, -0.1) is 0 Å². The van der Waals surface area contributed by atoms with Gasteiger partial charge < -0.3 is 4.74 Å². The largest absolute Gasteiger partial charge is 0.497 e. The van der Waals surface area contributed by atoms with E-state index in [4.69, 9.17) is 4.74 Å². The predicted octanol–water partition coefficient (Wildman–Crippen LogP) is 2.22. The Kier molecular flexibility index (Phi) is 3.54. The first kappa shape index (κ1) is 16.6. The molecule has 1 aliphatic carbocycles. The maximum Gasteiger partial charge on any atom is 0.269 e. The van der Waals surface area contributed by atoms with Crippen LogP contribution in [0.2, 0.25) is 0 Å². The lowest BCUT2D eigenvalue weighted by Crippen LogP contribution is -2.36. The summed E-state index contributed by atoms with van der Waals surface area (Å²) in [6, 6.07) is 9.21. The van der Waals surface area contributed by atoms with Gasteiger partial charge in [0, 0.05) is 24.1 Å². The van der Waals surface area contributed by atoms with Crippen molar-refractivity contribution in [3.8, 4) is 5.75 Å². The van der Waals surface area contributed by atoms with Gasteiger partial charge in [-0.3, -0.25) is 14.4 Å². The maximum atomic E-state index is 13.0. The van der Waals surface area contributed by atoms with Crippen molar-refractivity contribution >= 4 is 11.5 Å². The highest BCUT2D eigenvalue weighted by atomic mass is 16.5. The van der Waals surface area contributed by atoms with Gasteiger partial charge in [-0.2, -0.15) is 0 Å². The number of ketones is 1. The van der Waals surface area contributed by atoms with Gasteiger partial charge in [-0.25, -0.2) is 9.36 Å². The highest BCUT2D eigenvalue weighted by Crippen LogP contribution is 2.46. The van der Waals surface area contributed by atoms with Gasteiger partial charge in [0.25, 0.3) is 11.1 Å². The van der Waals surface area contributed by atoms with Gasteiger partial charge in [0.2, 0.25) is 0 Å².